The largest absolute Gasteiger partial charge is 0.327 e. The summed E-state index contributed by atoms with van der Waals surface area (Å²) in [4.78, 5) is 0. The van der Waals surface area contributed by atoms with Gasteiger partial charge < -0.3 is 5.73 Å². The summed E-state index contributed by atoms with van der Waals surface area (Å²) < 4.78 is 1.12. The van der Waals surface area contributed by atoms with Crippen LogP contribution in [0.2, 0.25) is 0 Å². The summed E-state index contributed by atoms with van der Waals surface area (Å²) in [6.07, 6.45) is 1.20. The molecule has 1 nitrogen and oxygen atoms in total. The van der Waals surface area contributed by atoms with E-state index in [9.17, 15) is 0 Å². The van der Waals surface area contributed by atoms with Crippen LogP contribution in [-0.4, -0.2) is 11.8 Å². The molecule has 0 spiro atoms. The molecular weight excluding hydrogens is 270 g/mol. The molecule has 2 unspecified atom stereocenters. The van der Waals surface area contributed by atoms with Crippen molar-refractivity contribution in [2.24, 2.45) is 5.73 Å². The van der Waals surface area contributed by atoms with Crippen LogP contribution in [0.25, 0.3) is 0 Å². The van der Waals surface area contributed by atoms with Crippen LogP contribution in [-0.2, 0) is 0 Å². The van der Waals surface area contributed by atoms with Crippen LogP contribution in [0.5, 0.6) is 0 Å². The van der Waals surface area contributed by atoms with E-state index in [1.54, 1.807) is 0 Å². The van der Waals surface area contributed by atoms with Gasteiger partial charge in [0.1, 0.15) is 0 Å². The lowest BCUT2D eigenvalue weighted by molar-refractivity contribution is 0.720. The topological polar surface area (TPSA) is 26.0 Å². The Balaban J connectivity index is 2.74. The van der Waals surface area contributed by atoms with Crippen molar-refractivity contribution < 1.29 is 0 Å². The second-order valence-corrected chi connectivity index (χ2v) is 5.87. The number of thioether (sulfide) groups is 1. The van der Waals surface area contributed by atoms with Gasteiger partial charge in [-0.15, -0.1) is 0 Å². The lowest BCUT2D eigenvalue weighted by atomic mass is 10.1. The number of hydrogen-bond donors (Lipinski definition) is 1. The van der Waals surface area contributed by atoms with Gasteiger partial charge in [0.2, 0.25) is 0 Å². The van der Waals surface area contributed by atoms with E-state index in [-0.39, 0.29) is 6.04 Å². The van der Waals surface area contributed by atoms with Crippen molar-refractivity contribution in [1.29, 1.82) is 0 Å². The summed E-state index contributed by atoms with van der Waals surface area (Å²) in [5, 5.41) is 0.415. The number of benzene rings is 1. The molecule has 0 fully saturated rings. The maximum atomic E-state index is 6.01. The van der Waals surface area contributed by atoms with Gasteiger partial charge in [-0.3, -0.25) is 0 Å². The third-order valence-corrected chi connectivity index (χ3v) is 4.41. The van der Waals surface area contributed by atoms with Crippen LogP contribution in [0.15, 0.2) is 28.7 Å². The number of hydrogen-bond acceptors (Lipinski definition) is 2. The van der Waals surface area contributed by atoms with E-state index < -0.39 is 0 Å². The first-order chi connectivity index (χ1) is 7.15. The van der Waals surface area contributed by atoms with Crippen molar-refractivity contribution in [3.63, 3.8) is 0 Å². The average Bonchev–Trinajstić information content (AvgIpc) is 2.21. The van der Waals surface area contributed by atoms with Crippen LogP contribution in [0.4, 0.5) is 0 Å². The number of nitrogens with two attached hydrogens (primary N) is 1. The molecule has 84 valence electrons. The summed E-state index contributed by atoms with van der Waals surface area (Å²) in [5.41, 5.74) is 7.34. The fourth-order valence-corrected chi connectivity index (χ4v) is 2.86. The van der Waals surface area contributed by atoms with Gasteiger partial charge in [-0.2, -0.15) is 11.8 Å². The first kappa shape index (κ1) is 13.1. The number of rotatable bonds is 5. The first-order valence-electron chi connectivity index (χ1n) is 5.27. The minimum Gasteiger partial charge on any atom is -0.327 e. The fourth-order valence-electron chi connectivity index (χ4n) is 1.45. The van der Waals surface area contributed by atoms with Gasteiger partial charge in [0.15, 0.2) is 0 Å². The SMILES string of the molecule is CCCSC(c1ccc(Br)cc1)C(C)N. The third kappa shape index (κ3) is 4.17. The van der Waals surface area contributed by atoms with E-state index in [0.717, 1.165) is 4.47 Å². The Kier molecular flexibility index (Phi) is 5.72. The predicted molar refractivity (Wildman–Crippen MR) is 73.3 cm³/mol. The average molecular weight is 288 g/mol. The molecule has 0 bridgehead atoms. The molecule has 2 N–H and O–H groups in total. The van der Waals surface area contributed by atoms with Gasteiger partial charge in [0.25, 0.3) is 0 Å². The smallest absolute Gasteiger partial charge is 0.0445 e. The van der Waals surface area contributed by atoms with Crippen molar-refractivity contribution in [1.82, 2.24) is 0 Å². The fraction of sp³-hybridized carbons (Fsp3) is 0.500. The van der Waals surface area contributed by atoms with E-state index in [2.05, 4.69) is 54.0 Å². The Bertz CT molecular complexity index is 284. The van der Waals surface area contributed by atoms with Gasteiger partial charge in [-0.25, -0.2) is 0 Å². The maximum absolute atomic E-state index is 6.01. The zero-order chi connectivity index (χ0) is 11.3. The van der Waals surface area contributed by atoms with Crippen molar-refractivity contribution in [2.45, 2.75) is 31.6 Å². The Morgan fingerprint density at radius 2 is 1.93 bits per heavy atom. The molecule has 15 heavy (non-hydrogen) atoms. The Morgan fingerprint density at radius 3 is 2.40 bits per heavy atom. The summed E-state index contributed by atoms with van der Waals surface area (Å²) in [6.45, 7) is 4.28. The summed E-state index contributed by atoms with van der Waals surface area (Å²) in [7, 11) is 0. The van der Waals surface area contributed by atoms with Crippen LogP contribution >= 0.6 is 27.7 Å². The molecule has 0 aliphatic rings. The Hall–Kier alpha value is 0.01000. The van der Waals surface area contributed by atoms with Gasteiger partial charge >= 0.3 is 0 Å². The summed E-state index contributed by atoms with van der Waals surface area (Å²) >= 11 is 5.39. The van der Waals surface area contributed by atoms with Gasteiger partial charge in [-0.1, -0.05) is 35.0 Å². The van der Waals surface area contributed by atoms with Crippen molar-refractivity contribution >= 4 is 27.7 Å². The normalized spacial score (nSPS) is 14.9. The minimum absolute atomic E-state index is 0.197. The molecule has 2 atom stereocenters. The molecule has 0 aliphatic heterocycles. The summed E-state index contributed by atoms with van der Waals surface area (Å²) in [5.74, 6) is 1.17. The van der Waals surface area contributed by atoms with Gasteiger partial charge in [0.05, 0.1) is 0 Å². The molecule has 0 aromatic heterocycles. The predicted octanol–water partition coefficient (Wildman–Crippen LogP) is 3.98. The van der Waals surface area contributed by atoms with Crippen molar-refractivity contribution in [3.8, 4) is 0 Å². The third-order valence-electron chi connectivity index (χ3n) is 2.18. The van der Waals surface area contributed by atoms with E-state index in [1.807, 2.05) is 11.8 Å². The molecule has 0 aliphatic carbocycles. The first-order valence-corrected chi connectivity index (χ1v) is 7.12. The molecule has 0 saturated carbocycles. The van der Waals surface area contributed by atoms with Crippen LogP contribution in [0.3, 0.4) is 0 Å². The molecule has 1 aromatic carbocycles. The second-order valence-electron chi connectivity index (χ2n) is 3.70. The zero-order valence-electron chi connectivity index (χ0n) is 9.24. The highest BCUT2D eigenvalue weighted by Gasteiger charge is 2.15. The number of halogens is 1. The molecule has 1 aromatic rings. The molecule has 0 amide bonds. The highest BCUT2D eigenvalue weighted by atomic mass is 79.9. The molecular formula is C12H18BrNS. The lowest BCUT2D eigenvalue weighted by Gasteiger charge is -2.20. The second kappa shape index (κ2) is 6.56. The van der Waals surface area contributed by atoms with E-state index in [4.69, 9.17) is 5.73 Å². The monoisotopic (exact) mass is 287 g/mol. The minimum atomic E-state index is 0.197. The van der Waals surface area contributed by atoms with E-state index in [0.29, 0.717) is 5.25 Å². The molecule has 0 saturated heterocycles. The lowest BCUT2D eigenvalue weighted by Crippen LogP contribution is -2.22. The van der Waals surface area contributed by atoms with Crippen molar-refractivity contribution in [3.05, 3.63) is 34.3 Å². The quantitative estimate of drug-likeness (QED) is 0.887. The van der Waals surface area contributed by atoms with Crippen LogP contribution in [0, 0.1) is 0 Å². The van der Waals surface area contributed by atoms with Crippen LogP contribution in [0.1, 0.15) is 31.1 Å². The highest BCUT2D eigenvalue weighted by molar-refractivity contribution is 9.10. The van der Waals surface area contributed by atoms with Gasteiger partial charge in [-0.05, 0) is 36.8 Å². The van der Waals surface area contributed by atoms with E-state index >= 15 is 0 Å². The molecule has 0 radical (unpaired) electrons. The zero-order valence-corrected chi connectivity index (χ0v) is 11.6. The van der Waals surface area contributed by atoms with Crippen LogP contribution < -0.4 is 5.73 Å². The highest BCUT2D eigenvalue weighted by Crippen LogP contribution is 2.32. The molecule has 3 heteroatoms. The molecule has 0 heterocycles. The Labute approximate surface area is 105 Å². The van der Waals surface area contributed by atoms with Gasteiger partial charge in [0, 0.05) is 15.8 Å². The standard InChI is InChI=1S/C12H18BrNS/c1-3-8-15-12(9(2)14)10-4-6-11(13)7-5-10/h4-7,9,12H,3,8,14H2,1-2H3. The van der Waals surface area contributed by atoms with Crippen molar-refractivity contribution in [2.75, 3.05) is 5.75 Å². The molecule has 1 rings (SSSR count). The van der Waals surface area contributed by atoms with E-state index in [1.165, 1.54) is 17.7 Å². The summed E-state index contributed by atoms with van der Waals surface area (Å²) in [6, 6.07) is 8.67. The Morgan fingerprint density at radius 1 is 1.33 bits per heavy atom. The maximum Gasteiger partial charge on any atom is 0.0445 e.